The summed E-state index contributed by atoms with van der Waals surface area (Å²) in [7, 11) is -1.48. The Morgan fingerprint density at radius 1 is 0.821 bits per heavy atom. The van der Waals surface area contributed by atoms with Gasteiger partial charge in [-0.1, -0.05) is 68.0 Å². The van der Waals surface area contributed by atoms with Gasteiger partial charge < -0.3 is 0 Å². The van der Waals surface area contributed by atoms with Gasteiger partial charge in [0, 0.05) is 28.1 Å². The zero-order valence-electron chi connectivity index (χ0n) is 16.3. The summed E-state index contributed by atoms with van der Waals surface area (Å²) in [5.74, 6) is 3.26. The van der Waals surface area contributed by atoms with E-state index < -0.39 is 8.07 Å². The highest BCUT2D eigenvalue weighted by atomic mass is 28.3. The minimum atomic E-state index is -1.48. The summed E-state index contributed by atoms with van der Waals surface area (Å²) in [4.78, 5) is 17.9. The molecule has 0 unspecified atom stereocenters. The van der Waals surface area contributed by atoms with Crippen molar-refractivity contribution in [1.29, 1.82) is 0 Å². The zero-order valence-corrected chi connectivity index (χ0v) is 17.3. The van der Waals surface area contributed by atoms with E-state index >= 15 is 0 Å². The van der Waals surface area contributed by atoms with Crippen LogP contribution < -0.4 is 5.43 Å². The fourth-order valence-corrected chi connectivity index (χ4v) is 3.65. The summed E-state index contributed by atoms with van der Waals surface area (Å²) in [5, 5.41) is 2.22. The molecule has 0 aliphatic carbocycles. The van der Waals surface area contributed by atoms with Gasteiger partial charge in [0.15, 0.2) is 5.43 Å². The lowest BCUT2D eigenvalue weighted by atomic mass is 10.1. The third-order valence-corrected chi connectivity index (χ3v) is 5.45. The number of aromatic nitrogens is 1. The average Bonchev–Trinajstić information content (AvgIpc) is 2.83. The molecule has 0 fully saturated rings. The minimum Gasteiger partial charge on any atom is -0.289 e. The second-order valence-corrected chi connectivity index (χ2v) is 12.7. The Kier molecular flexibility index (Phi) is 4.58. The summed E-state index contributed by atoms with van der Waals surface area (Å²) >= 11 is 0. The quantitative estimate of drug-likeness (QED) is 0.316. The fourth-order valence-electron chi connectivity index (χ4n) is 3.13. The molecule has 28 heavy (non-hydrogen) atoms. The number of nitrogens with zero attached hydrogens (tertiary/aromatic N) is 1. The lowest BCUT2D eigenvalue weighted by Gasteiger charge is -2.03. The van der Waals surface area contributed by atoms with E-state index in [1.807, 2.05) is 72.9 Å². The van der Waals surface area contributed by atoms with E-state index in [9.17, 15) is 4.79 Å². The lowest BCUT2D eigenvalue weighted by molar-refractivity contribution is 1.41. The van der Waals surface area contributed by atoms with E-state index in [1.54, 1.807) is 0 Å². The van der Waals surface area contributed by atoms with E-state index in [0.29, 0.717) is 16.3 Å². The summed E-state index contributed by atoms with van der Waals surface area (Å²) in [5.41, 5.74) is 6.95. The van der Waals surface area contributed by atoms with Gasteiger partial charge in [-0.15, -0.1) is 5.54 Å². The molecule has 0 radical (unpaired) electrons. The Bertz CT molecular complexity index is 1310. The first-order valence-corrected chi connectivity index (χ1v) is 12.9. The molecule has 1 aromatic heterocycles. The van der Waals surface area contributed by atoms with E-state index in [-0.39, 0.29) is 5.43 Å². The molecular formula is C25H21NOSi. The standard InChI is InChI=1S/C25H21NOSi/c1-28(2,3)14-13-18-9-10-20-11-12-24-23(25(27)22(20)15-18)16-21(17-26-24)19-7-5-4-6-8-19/h4-12,15-17H,1-3H3. The molecule has 0 aliphatic heterocycles. The van der Waals surface area contributed by atoms with Crippen LogP contribution in [0, 0.1) is 11.5 Å². The fraction of sp³-hybridized carbons (Fsp3) is 0.120. The van der Waals surface area contributed by atoms with Crippen molar-refractivity contribution in [1.82, 2.24) is 4.98 Å². The number of rotatable bonds is 1. The average molecular weight is 380 g/mol. The smallest absolute Gasteiger partial charge is 0.195 e. The second-order valence-electron chi connectivity index (χ2n) is 7.99. The molecule has 0 saturated heterocycles. The van der Waals surface area contributed by atoms with E-state index in [4.69, 9.17) is 0 Å². The van der Waals surface area contributed by atoms with Gasteiger partial charge >= 0.3 is 0 Å². The number of hydrogen-bond acceptors (Lipinski definition) is 2. The van der Waals surface area contributed by atoms with E-state index in [1.165, 1.54) is 0 Å². The molecule has 0 saturated carbocycles. The molecule has 3 aromatic carbocycles. The van der Waals surface area contributed by atoms with Crippen LogP contribution in [0.1, 0.15) is 5.56 Å². The predicted octanol–water partition coefficient (Wildman–Crippen LogP) is 5.64. The molecule has 2 nitrogen and oxygen atoms in total. The van der Waals surface area contributed by atoms with Gasteiger partial charge in [-0.3, -0.25) is 9.78 Å². The van der Waals surface area contributed by atoms with Crippen LogP contribution in [0.25, 0.3) is 32.8 Å². The molecule has 0 spiro atoms. The largest absolute Gasteiger partial charge is 0.289 e. The highest BCUT2D eigenvalue weighted by molar-refractivity contribution is 6.83. The normalized spacial score (nSPS) is 11.2. The Morgan fingerprint density at radius 3 is 2.32 bits per heavy atom. The molecule has 4 aromatic rings. The van der Waals surface area contributed by atoms with Gasteiger partial charge in [-0.2, -0.15) is 0 Å². The summed E-state index contributed by atoms with van der Waals surface area (Å²) in [6.07, 6.45) is 1.83. The van der Waals surface area contributed by atoms with Crippen LogP contribution in [-0.4, -0.2) is 13.1 Å². The van der Waals surface area contributed by atoms with Crippen LogP contribution in [0.5, 0.6) is 0 Å². The first-order chi connectivity index (χ1) is 13.4. The Hall–Kier alpha value is -3.22. The maximum Gasteiger partial charge on any atom is 0.195 e. The van der Waals surface area contributed by atoms with Crippen molar-refractivity contribution in [3.05, 3.63) is 88.7 Å². The van der Waals surface area contributed by atoms with E-state index in [0.717, 1.165) is 22.1 Å². The molecule has 4 rings (SSSR count). The minimum absolute atomic E-state index is 0.00284. The van der Waals surface area contributed by atoms with Gasteiger partial charge in [-0.25, -0.2) is 0 Å². The van der Waals surface area contributed by atoms with Crippen molar-refractivity contribution < 1.29 is 0 Å². The van der Waals surface area contributed by atoms with E-state index in [2.05, 4.69) is 36.1 Å². The van der Waals surface area contributed by atoms with Crippen molar-refractivity contribution >= 4 is 29.7 Å². The van der Waals surface area contributed by atoms with Crippen molar-refractivity contribution in [3.8, 4) is 22.6 Å². The van der Waals surface area contributed by atoms with Crippen molar-refractivity contribution in [2.45, 2.75) is 19.6 Å². The number of fused-ring (bicyclic) bond motifs is 2. The first-order valence-electron chi connectivity index (χ1n) is 9.36. The molecule has 0 N–H and O–H groups in total. The third-order valence-electron chi connectivity index (χ3n) is 4.57. The van der Waals surface area contributed by atoms with Gasteiger partial charge in [0.1, 0.15) is 8.07 Å². The van der Waals surface area contributed by atoms with Gasteiger partial charge in [0.25, 0.3) is 0 Å². The van der Waals surface area contributed by atoms with Gasteiger partial charge in [0.2, 0.25) is 0 Å². The topological polar surface area (TPSA) is 30.0 Å². The van der Waals surface area contributed by atoms with Crippen LogP contribution in [0.15, 0.2) is 77.7 Å². The zero-order chi connectivity index (χ0) is 19.7. The SMILES string of the molecule is C[Si](C)(C)C#Cc1ccc2ccc3ncc(-c4ccccc4)cc3c(=O)c2c1. The van der Waals surface area contributed by atoms with Crippen LogP contribution >= 0.6 is 0 Å². The van der Waals surface area contributed by atoms with Crippen LogP contribution in [0.2, 0.25) is 19.6 Å². The number of benzene rings is 2. The van der Waals surface area contributed by atoms with Crippen LogP contribution in [-0.2, 0) is 0 Å². The first kappa shape index (κ1) is 18.2. The monoisotopic (exact) mass is 379 g/mol. The summed E-state index contributed by atoms with van der Waals surface area (Å²) in [6.45, 7) is 6.64. The maximum absolute atomic E-state index is 13.3. The number of hydrogen-bond donors (Lipinski definition) is 0. The molecule has 3 heteroatoms. The molecule has 1 heterocycles. The lowest BCUT2D eigenvalue weighted by Crippen LogP contribution is -2.16. The highest BCUT2D eigenvalue weighted by Crippen LogP contribution is 2.22. The van der Waals surface area contributed by atoms with Crippen LogP contribution in [0.3, 0.4) is 0 Å². The maximum atomic E-state index is 13.3. The van der Waals surface area contributed by atoms with Gasteiger partial charge in [0.05, 0.1) is 5.52 Å². The van der Waals surface area contributed by atoms with Crippen molar-refractivity contribution in [3.63, 3.8) is 0 Å². The number of pyridine rings is 1. The molecular weight excluding hydrogens is 358 g/mol. The summed E-state index contributed by atoms with van der Waals surface area (Å²) < 4.78 is 0. The van der Waals surface area contributed by atoms with Crippen LogP contribution in [0.4, 0.5) is 0 Å². The Morgan fingerprint density at radius 2 is 1.57 bits per heavy atom. The molecule has 0 aliphatic rings. The molecule has 136 valence electrons. The molecule has 0 bridgehead atoms. The Balaban J connectivity index is 1.97. The second kappa shape index (κ2) is 7.07. The Labute approximate surface area is 165 Å². The highest BCUT2D eigenvalue weighted by Gasteiger charge is 2.09. The van der Waals surface area contributed by atoms with Crippen molar-refractivity contribution in [2.75, 3.05) is 0 Å². The third kappa shape index (κ3) is 3.74. The van der Waals surface area contributed by atoms with Crippen molar-refractivity contribution in [2.24, 2.45) is 0 Å². The van der Waals surface area contributed by atoms with Gasteiger partial charge in [-0.05, 0) is 35.2 Å². The predicted molar refractivity (Wildman–Crippen MR) is 121 cm³/mol. The molecule has 0 atom stereocenters. The molecule has 0 amide bonds. The summed E-state index contributed by atoms with van der Waals surface area (Å²) in [6, 6.07) is 21.7.